The maximum Gasteiger partial charge on any atom is 0.188 e. The molecule has 5 nitrogen and oxygen atoms in total. The molecule has 0 aromatic heterocycles. The van der Waals surface area contributed by atoms with Crippen molar-refractivity contribution in [3.8, 4) is 11.5 Å². The van der Waals surface area contributed by atoms with Crippen LogP contribution in [-0.2, 0) is 0 Å². The highest BCUT2D eigenvalue weighted by Gasteiger charge is 2.13. The molecular weight excluding hydrogens is 278 g/mol. The Hall–Kier alpha value is -1.91. The van der Waals surface area contributed by atoms with Crippen molar-refractivity contribution < 1.29 is 9.47 Å². The topological polar surface area (TPSA) is 68.9 Å². The average molecular weight is 305 g/mol. The highest BCUT2D eigenvalue weighted by atomic mass is 16.5. The summed E-state index contributed by atoms with van der Waals surface area (Å²) in [5, 5.41) is 3.31. The first-order valence-corrected chi connectivity index (χ1v) is 8.04. The SMILES string of the molecule is COc1ccc(OC(C)CN=C(N)NC2CCCCC2)cc1. The van der Waals surface area contributed by atoms with E-state index >= 15 is 0 Å². The Morgan fingerprint density at radius 3 is 2.50 bits per heavy atom. The van der Waals surface area contributed by atoms with Crippen LogP contribution in [0.15, 0.2) is 29.3 Å². The third-order valence-electron chi connectivity index (χ3n) is 3.87. The Labute approximate surface area is 132 Å². The largest absolute Gasteiger partial charge is 0.497 e. The molecule has 22 heavy (non-hydrogen) atoms. The number of aliphatic imine (C=N–C) groups is 1. The predicted octanol–water partition coefficient (Wildman–Crippen LogP) is 2.70. The summed E-state index contributed by atoms with van der Waals surface area (Å²) >= 11 is 0. The van der Waals surface area contributed by atoms with Crippen LogP contribution in [0.2, 0.25) is 0 Å². The minimum absolute atomic E-state index is 0.0277. The van der Waals surface area contributed by atoms with Crippen LogP contribution in [0.1, 0.15) is 39.0 Å². The zero-order valence-electron chi connectivity index (χ0n) is 13.5. The molecule has 1 aliphatic rings. The molecule has 0 radical (unpaired) electrons. The van der Waals surface area contributed by atoms with E-state index in [0.29, 0.717) is 18.5 Å². The quantitative estimate of drug-likeness (QED) is 0.626. The van der Waals surface area contributed by atoms with Crippen molar-refractivity contribution in [1.29, 1.82) is 0 Å². The van der Waals surface area contributed by atoms with Gasteiger partial charge in [0.2, 0.25) is 0 Å². The molecule has 3 N–H and O–H groups in total. The molecule has 1 unspecified atom stereocenters. The maximum atomic E-state index is 5.95. The fourth-order valence-electron chi connectivity index (χ4n) is 2.65. The van der Waals surface area contributed by atoms with Crippen molar-refractivity contribution >= 4 is 5.96 Å². The minimum Gasteiger partial charge on any atom is -0.497 e. The second-order valence-corrected chi connectivity index (χ2v) is 5.81. The smallest absolute Gasteiger partial charge is 0.188 e. The van der Waals surface area contributed by atoms with Gasteiger partial charge in [0.25, 0.3) is 0 Å². The first-order valence-electron chi connectivity index (χ1n) is 8.04. The van der Waals surface area contributed by atoms with Crippen LogP contribution in [0.4, 0.5) is 0 Å². The average Bonchev–Trinajstić information content (AvgIpc) is 2.55. The number of methoxy groups -OCH3 is 1. The molecule has 1 atom stereocenters. The number of nitrogens with zero attached hydrogens (tertiary/aromatic N) is 1. The molecule has 1 aliphatic carbocycles. The highest BCUT2D eigenvalue weighted by Crippen LogP contribution is 2.18. The molecule has 0 saturated heterocycles. The van der Waals surface area contributed by atoms with Crippen LogP contribution >= 0.6 is 0 Å². The zero-order valence-corrected chi connectivity index (χ0v) is 13.5. The highest BCUT2D eigenvalue weighted by molar-refractivity contribution is 5.78. The summed E-state index contributed by atoms with van der Waals surface area (Å²) in [6.45, 7) is 2.53. The molecule has 0 bridgehead atoms. The molecular formula is C17H27N3O2. The van der Waals surface area contributed by atoms with E-state index in [2.05, 4.69) is 10.3 Å². The summed E-state index contributed by atoms with van der Waals surface area (Å²) in [6.07, 6.45) is 6.24. The zero-order chi connectivity index (χ0) is 15.8. The van der Waals surface area contributed by atoms with E-state index in [0.717, 1.165) is 11.5 Å². The first kappa shape index (κ1) is 16.5. The van der Waals surface area contributed by atoms with Crippen LogP contribution < -0.4 is 20.5 Å². The van der Waals surface area contributed by atoms with Crippen molar-refractivity contribution in [2.75, 3.05) is 13.7 Å². The Bertz CT molecular complexity index is 467. The third-order valence-corrected chi connectivity index (χ3v) is 3.87. The second kappa shape index (κ2) is 8.51. The lowest BCUT2D eigenvalue weighted by Gasteiger charge is -2.23. The number of nitrogens with two attached hydrogens (primary N) is 1. The Balaban J connectivity index is 1.75. The van der Waals surface area contributed by atoms with Gasteiger partial charge in [0.15, 0.2) is 5.96 Å². The number of ether oxygens (including phenoxy) is 2. The fourth-order valence-corrected chi connectivity index (χ4v) is 2.65. The van der Waals surface area contributed by atoms with Crippen LogP contribution in [0, 0.1) is 0 Å². The number of hydrogen-bond donors (Lipinski definition) is 2. The molecule has 0 amide bonds. The molecule has 1 fully saturated rings. The van der Waals surface area contributed by atoms with E-state index in [1.807, 2.05) is 31.2 Å². The van der Waals surface area contributed by atoms with Gasteiger partial charge >= 0.3 is 0 Å². The monoisotopic (exact) mass is 305 g/mol. The summed E-state index contributed by atoms with van der Waals surface area (Å²) < 4.78 is 10.9. The molecule has 0 heterocycles. The van der Waals surface area contributed by atoms with Gasteiger partial charge in [-0.1, -0.05) is 19.3 Å². The van der Waals surface area contributed by atoms with Gasteiger partial charge in [0.05, 0.1) is 13.7 Å². The molecule has 122 valence electrons. The summed E-state index contributed by atoms with van der Waals surface area (Å²) in [5.74, 6) is 2.15. The minimum atomic E-state index is -0.0277. The number of nitrogens with one attached hydrogen (secondary N) is 1. The van der Waals surface area contributed by atoms with Gasteiger partial charge in [0.1, 0.15) is 17.6 Å². The van der Waals surface area contributed by atoms with Crippen LogP contribution in [0.5, 0.6) is 11.5 Å². The molecule has 1 aromatic carbocycles. The van der Waals surface area contributed by atoms with Crippen molar-refractivity contribution in [1.82, 2.24) is 5.32 Å². The first-order chi connectivity index (χ1) is 10.7. The van der Waals surface area contributed by atoms with E-state index < -0.39 is 0 Å². The van der Waals surface area contributed by atoms with E-state index in [9.17, 15) is 0 Å². The van der Waals surface area contributed by atoms with Crippen LogP contribution in [-0.4, -0.2) is 31.8 Å². The number of guanidine groups is 1. The number of rotatable bonds is 6. The number of hydrogen-bond acceptors (Lipinski definition) is 3. The van der Waals surface area contributed by atoms with Crippen LogP contribution in [0.3, 0.4) is 0 Å². The van der Waals surface area contributed by atoms with E-state index in [-0.39, 0.29) is 6.10 Å². The Morgan fingerprint density at radius 2 is 1.86 bits per heavy atom. The van der Waals surface area contributed by atoms with Gasteiger partial charge in [-0.15, -0.1) is 0 Å². The lowest BCUT2D eigenvalue weighted by Crippen LogP contribution is -2.41. The molecule has 0 spiro atoms. The van der Waals surface area contributed by atoms with Crippen LogP contribution in [0.25, 0.3) is 0 Å². The second-order valence-electron chi connectivity index (χ2n) is 5.81. The Morgan fingerprint density at radius 1 is 1.23 bits per heavy atom. The predicted molar refractivity (Wildman–Crippen MR) is 89.6 cm³/mol. The summed E-state index contributed by atoms with van der Waals surface area (Å²) in [5.41, 5.74) is 5.95. The van der Waals surface area contributed by atoms with Gasteiger partial charge in [-0.25, -0.2) is 4.99 Å². The molecule has 1 saturated carbocycles. The normalized spacial score (nSPS) is 17.8. The molecule has 2 rings (SSSR count). The third kappa shape index (κ3) is 5.47. The van der Waals surface area contributed by atoms with Crippen molar-refractivity contribution in [2.45, 2.75) is 51.2 Å². The van der Waals surface area contributed by atoms with Gasteiger partial charge in [-0.3, -0.25) is 0 Å². The van der Waals surface area contributed by atoms with Crippen molar-refractivity contribution in [3.63, 3.8) is 0 Å². The standard InChI is InChI=1S/C17H27N3O2/c1-13(22-16-10-8-15(21-2)9-11-16)12-19-17(18)20-14-6-4-3-5-7-14/h8-11,13-14H,3-7,12H2,1-2H3,(H3,18,19,20). The van der Waals surface area contributed by atoms with E-state index in [1.54, 1.807) is 7.11 Å². The van der Waals surface area contributed by atoms with Gasteiger partial charge in [-0.2, -0.15) is 0 Å². The van der Waals surface area contributed by atoms with Crippen molar-refractivity contribution in [2.24, 2.45) is 10.7 Å². The maximum absolute atomic E-state index is 5.95. The molecule has 1 aromatic rings. The number of benzene rings is 1. The van der Waals surface area contributed by atoms with Gasteiger partial charge in [0, 0.05) is 6.04 Å². The van der Waals surface area contributed by atoms with Crippen molar-refractivity contribution in [3.05, 3.63) is 24.3 Å². The molecule has 0 aliphatic heterocycles. The van der Waals surface area contributed by atoms with E-state index in [1.165, 1.54) is 32.1 Å². The lowest BCUT2D eigenvalue weighted by atomic mass is 9.96. The molecule has 5 heteroatoms. The Kier molecular flexibility index (Phi) is 6.37. The van der Waals surface area contributed by atoms with E-state index in [4.69, 9.17) is 15.2 Å². The summed E-state index contributed by atoms with van der Waals surface area (Å²) in [6, 6.07) is 8.02. The fraction of sp³-hybridized carbons (Fsp3) is 0.588. The summed E-state index contributed by atoms with van der Waals surface area (Å²) in [7, 11) is 1.65. The van der Waals surface area contributed by atoms with Gasteiger partial charge < -0.3 is 20.5 Å². The summed E-state index contributed by atoms with van der Waals surface area (Å²) in [4.78, 5) is 4.38. The van der Waals surface area contributed by atoms with Gasteiger partial charge in [-0.05, 0) is 44.0 Å². The lowest BCUT2D eigenvalue weighted by molar-refractivity contribution is 0.230.